The van der Waals surface area contributed by atoms with E-state index < -0.39 is 0 Å². The van der Waals surface area contributed by atoms with Gasteiger partial charge in [0.1, 0.15) is 0 Å². The number of pyridine rings is 1. The number of aromatic nitrogens is 1. The van der Waals surface area contributed by atoms with Crippen LogP contribution >= 0.6 is 0 Å². The maximum Gasteiger partial charge on any atom is 0.258 e. The molecule has 1 aromatic carbocycles. The highest BCUT2D eigenvalue weighted by atomic mass is 16.1. The second-order valence-electron chi connectivity index (χ2n) is 3.71. The van der Waals surface area contributed by atoms with Crippen LogP contribution in [0.5, 0.6) is 0 Å². The normalized spacial score (nSPS) is 11.1. The smallest absolute Gasteiger partial charge is 0.258 e. The van der Waals surface area contributed by atoms with Gasteiger partial charge in [-0.3, -0.25) is 4.79 Å². The summed E-state index contributed by atoms with van der Waals surface area (Å²) in [5.74, 6) is 0. The largest absolute Gasteiger partial charge is 0.312 e. The molecule has 1 heterocycles. The summed E-state index contributed by atoms with van der Waals surface area (Å²) in [5, 5.41) is 1.80. The molecule has 72 valence electrons. The molecule has 1 aromatic heterocycles. The predicted molar refractivity (Wildman–Crippen MR) is 58.6 cm³/mol. The number of rotatable bonds is 1. The number of fused-ring (bicyclic) bond motifs is 1. The van der Waals surface area contributed by atoms with Crippen LogP contribution in [0.1, 0.15) is 19.9 Å². The minimum absolute atomic E-state index is 0.0955. The van der Waals surface area contributed by atoms with Crippen molar-refractivity contribution in [1.29, 1.82) is 0 Å². The molecule has 0 aliphatic carbocycles. The predicted octanol–water partition coefficient (Wildman–Crippen LogP) is 2.58. The number of nitrogens with zero attached hydrogens (tertiary/aromatic N) is 1. The Morgan fingerprint density at radius 1 is 1.14 bits per heavy atom. The molecule has 2 aromatic rings. The molecule has 0 spiro atoms. The van der Waals surface area contributed by atoms with E-state index in [1.807, 2.05) is 50.4 Å². The molecular weight excluding hydrogens is 174 g/mol. The molecule has 0 atom stereocenters. The summed E-state index contributed by atoms with van der Waals surface area (Å²) in [6.45, 7) is 4.02. The maximum atomic E-state index is 11.9. The monoisotopic (exact) mass is 187 g/mol. The van der Waals surface area contributed by atoms with E-state index in [1.165, 1.54) is 0 Å². The third-order valence-electron chi connectivity index (χ3n) is 2.40. The summed E-state index contributed by atoms with van der Waals surface area (Å²) in [6, 6.07) is 9.87. The molecule has 0 aliphatic heterocycles. The van der Waals surface area contributed by atoms with Crippen molar-refractivity contribution in [2.45, 2.75) is 19.9 Å². The lowest BCUT2D eigenvalue weighted by molar-refractivity contribution is 0.583. The molecule has 14 heavy (non-hydrogen) atoms. The van der Waals surface area contributed by atoms with Crippen LogP contribution in [0.25, 0.3) is 10.8 Å². The minimum atomic E-state index is 0.0955. The van der Waals surface area contributed by atoms with E-state index in [1.54, 1.807) is 4.57 Å². The fourth-order valence-corrected chi connectivity index (χ4v) is 1.61. The Morgan fingerprint density at radius 2 is 1.86 bits per heavy atom. The van der Waals surface area contributed by atoms with Crippen LogP contribution in [0.2, 0.25) is 0 Å². The molecule has 2 rings (SSSR count). The fraction of sp³-hybridized carbons (Fsp3) is 0.250. The van der Waals surface area contributed by atoms with Gasteiger partial charge in [0.2, 0.25) is 0 Å². The molecule has 0 bridgehead atoms. The summed E-state index contributed by atoms with van der Waals surface area (Å²) in [5.41, 5.74) is 0.0955. The molecule has 2 heteroatoms. The highest BCUT2D eigenvalue weighted by Gasteiger charge is 2.03. The van der Waals surface area contributed by atoms with Crippen molar-refractivity contribution in [3.8, 4) is 0 Å². The average Bonchev–Trinajstić information content (AvgIpc) is 2.18. The third kappa shape index (κ3) is 1.33. The third-order valence-corrected chi connectivity index (χ3v) is 2.40. The van der Waals surface area contributed by atoms with E-state index in [9.17, 15) is 4.79 Å². The van der Waals surface area contributed by atoms with E-state index in [4.69, 9.17) is 0 Å². The maximum absolute atomic E-state index is 11.9. The average molecular weight is 187 g/mol. The van der Waals surface area contributed by atoms with Gasteiger partial charge in [0.15, 0.2) is 0 Å². The van der Waals surface area contributed by atoms with E-state index in [0.717, 1.165) is 10.8 Å². The van der Waals surface area contributed by atoms with Crippen molar-refractivity contribution >= 4 is 10.8 Å². The van der Waals surface area contributed by atoms with Crippen LogP contribution in [0.3, 0.4) is 0 Å². The molecule has 0 saturated carbocycles. The Bertz CT molecular complexity index is 511. The molecule has 0 fully saturated rings. The first-order valence-corrected chi connectivity index (χ1v) is 4.80. The summed E-state index contributed by atoms with van der Waals surface area (Å²) < 4.78 is 1.75. The van der Waals surface area contributed by atoms with Crippen molar-refractivity contribution in [1.82, 2.24) is 4.57 Å². The van der Waals surface area contributed by atoms with Gasteiger partial charge in [-0.2, -0.15) is 0 Å². The van der Waals surface area contributed by atoms with E-state index in [2.05, 4.69) is 0 Å². The van der Waals surface area contributed by atoms with E-state index >= 15 is 0 Å². The number of benzene rings is 1. The van der Waals surface area contributed by atoms with Crippen LogP contribution in [0.4, 0.5) is 0 Å². The molecule has 0 radical (unpaired) electrons. The van der Waals surface area contributed by atoms with Gasteiger partial charge in [0.05, 0.1) is 0 Å². The van der Waals surface area contributed by atoms with E-state index in [-0.39, 0.29) is 11.6 Å². The van der Waals surface area contributed by atoms with Crippen molar-refractivity contribution in [3.63, 3.8) is 0 Å². The standard InChI is InChI=1S/C12H13NO/c1-9(2)13-8-7-10-5-3-4-6-11(10)12(13)14/h3-9H,1-2H3. The molecule has 0 N–H and O–H groups in total. The number of hydrogen-bond acceptors (Lipinski definition) is 1. The van der Waals surface area contributed by atoms with Crippen LogP contribution in [-0.4, -0.2) is 4.57 Å². The topological polar surface area (TPSA) is 22.0 Å². The van der Waals surface area contributed by atoms with Crippen molar-refractivity contribution in [2.75, 3.05) is 0 Å². The summed E-state index contributed by atoms with van der Waals surface area (Å²) in [7, 11) is 0. The molecule has 0 saturated heterocycles. The summed E-state index contributed by atoms with van der Waals surface area (Å²) in [6.07, 6.45) is 1.86. The van der Waals surface area contributed by atoms with Gasteiger partial charge >= 0.3 is 0 Å². The van der Waals surface area contributed by atoms with Crippen LogP contribution in [0.15, 0.2) is 41.3 Å². The van der Waals surface area contributed by atoms with Gasteiger partial charge in [-0.05, 0) is 31.4 Å². The molecule has 2 nitrogen and oxygen atoms in total. The Kier molecular flexibility index (Phi) is 2.12. The first-order chi connectivity index (χ1) is 6.70. The Hall–Kier alpha value is -1.57. The fourth-order valence-electron chi connectivity index (χ4n) is 1.61. The summed E-state index contributed by atoms with van der Waals surface area (Å²) >= 11 is 0. The van der Waals surface area contributed by atoms with Gasteiger partial charge < -0.3 is 4.57 Å². The number of hydrogen-bond donors (Lipinski definition) is 0. The second-order valence-corrected chi connectivity index (χ2v) is 3.71. The molecule has 0 amide bonds. The van der Waals surface area contributed by atoms with Gasteiger partial charge in [0, 0.05) is 17.6 Å². The first-order valence-electron chi connectivity index (χ1n) is 4.80. The van der Waals surface area contributed by atoms with Gasteiger partial charge in [0.25, 0.3) is 5.56 Å². The Morgan fingerprint density at radius 3 is 2.57 bits per heavy atom. The van der Waals surface area contributed by atoms with Crippen LogP contribution < -0.4 is 5.56 Å². The zero-order valence-electron chi connectivity index (χ0n) is 8.40. The van der Waals surface area contributed by atoms with Crippen LogP contribution in [0, 0.1) is 0 Å². The Balaban J connectivity index is 2.82. The van der Waals surface area contributed by atoms with E-state index in [0.29, 0.717) is 0 Å². The SMILES string of the molecule is CC(C)n1ccc2ccccc2c1=O. The highest BCUT2D eigenvalue weighted by molar-refractivity contribution is 5.81. The van der Waals surface area contributed by atoms with Crippen molar-refractivity contribution < 1.29 is 0 Å². The quantitative estimate of drug-likeness (QED) is 0.672. The zero-order valence-corrected chi connectivity index (χ0v) is 8.40. The van der Waals surface area contributed by atoms with Gasteiger partial charge in [-0.1, -0.05) is 18.2 Å². The highest BCUT2D eigenvalue weighted by Crippen LogP contribution is 2.10. The lowest BCUT2D eigenvalue weighted by Gasteiger charge is -2.10. The molecular formula is C12H13NO. The van der Waals surface area contributed by atoms with Crippen molar-refractivity contribution in [2.24, 2.45) is 0 Å². The minimum Gasteiger partial charge on any atom is -0.312 e. The first kappa shape index (κ1) is 9.00. The lowest BCUT2D eigenvalue weighted by Crippen LogP contribution is -2.20. The summed E-state index contributed by atoms with van der Waals surface area (Å²) in [4.78, 5) is 11.9. The van der Waals surface area contributed by atoms with Crippen molar-refractivity contribution in [3.05, 3.63) is 46.9 Å². The van der Waals surface area contributed by atoms with Gasteiger partial charge in [-0.15, -0.1) is 0 Å². The Labute approximate surface area is 82.8 Å². The van der Waals surface area contributed by atoms with Crippen LogP contribution in [-0.2, 0) is 0 Å². The molecule has 0 unspecified atom stereocenters. The molecule has 0 aliphatic rings. The zero-order chi connectivity index (χ0) is 10.1. The lowest BCUT2D eigenvalue weighted by atomic mass is 10.2. The second kappa shape index (κ2) is 3.29. The van der Waals surface area contributed by atoms with Gasteiger partial charge in [-0.25, -0.2) is 0 Å².